The SMILES string of the molecule is C=CCCCCN(S(C)(C)C)S(C)(C)C. The molecule has 0 aliphatic carbocycles. The average molecular weight is 252 g/mol. The Hall–Kier alpha value is 0.400. The molecule has 0 unspecified atom stereocenters. The fourth-order valence-electron chi connectivity index (χ4n) is 1.75. The van der Waals surface area contributed by atoms with E-state index in [1.165, 1.54) is 19.4 Å². The zero-order chi connectivity index (χ0) is 12.1. The minimum absolute atomic E-state index is 0.565. The van der Waals surface area contributed by atoms with Crippen molar-refractivity contribution in [1.29, 1.82) is 0 Å². The van der Waals surface area contributed by atoms with Gasteiger partial charge in [-0.2, -0.15) is 20.4 Å². The van der Waals surface area contributed by atoms with E-state index in [2.05, 4.69) is 47.8 Å². The van der Waals surface area contributed by atoms with E-state index in [1.807, 2.05) is 6.08 Å². The number of nitrogens with zero attached hydrogens (tertiary/aromatic N) is 1. The Morgan fingerprint density at radius 3 is 1.73 bits per heavy atom. The molecule has 0 amide bonds. The van der Waals surface area contributed by atoms with Gasteiger partial charge in [-0.25, -0.2) is 3.71 Å². The zero-order valence-electron chi connectivity index (χ0n) is 11.4. The number of allylic oxidation sites excluding steroid dienone is 1. The molecule has 0 aliphatic rings. The molecule has 0 bridgehead atoms. The highest BCUT2D eigenvalue weighted by Crippen LogP contribution is 2.56. The predicted molar refractivity (Wildman–Crippen MR) is 81.5 cm³/mol. The number of hydrogen-bond donors (Lipinski definition) is 0. The van der Waals surface area contributed by atoms with Gasteiger partial charge in [0, 0.05) is 6.54 Å². The van der Waals surface area contributed by atoms with Crippen molar-refractivity contribution in [3.63, 3.8) is 0 Å². The molecule has 0 heterocycles. The lowest BCUT2D eigenvalue weighted by Crippen LogP contribution is -2.29. The first-order chi connectivity index (χ1) is 6.69. The fourth-order valence-corrected chi connectivity index (χ4v) is 8.47. The Bertz CT molecular complexity index is 175. The highest BCUT2D eigenvalue weighted by atomic mass is 32.3. The highest BCUT2D eigenvalue weighted by molar-refractivity contribution is 8.43. The predicted octanol–water partition coefficient (Wildman–Crippen LogP) is 3.86. The van der Waals surface area contributed by atoms with Gasteiger partial charge >= 0.3 is 0 Å². The van der Waals surface area contributed by atoms with E-state index in [0.717, 1.165) is 6.42 Å². The molecule has 0 saturated heterocycles. The first-order valence-electron chi connectivity index (χ1n) is 5.45. The van der Waals surface area contributed by atoms with Gasteiger partial charge in [-0.3, -0.25) is 0 Å². The lowest BCUT2D eigenvalue weighted by atomic mass is 10.2. The summed E-state index contributed by atoms with van der Waals surface area (Å²) in [5.74, 6) is 0. The van der Waals surface area contributed by atoms with Crippen LogP contribution in [0.4, 0.5) is 0 Å². The van der Waals surface area contributed by atoms with E-state index in [-0.39, 0.29) is 0 Å². The van der Waals surface area contributed by atoms with Crippen molar-refractivity contribution >= 4 is 20.4 Å². The van der Waals surface area contributed by atoms with Gasteiger partial charge in [-0.1, -0.05) is 6.08 Å². The number of hydrogen-bond acceptors (Lipinski definition) is 1. The van der Waals surface area contributed by atoms with Crippen LogP contribution in [0, 0.1) is 0 Å². The van der Waals surface area contributed by atoms with Gasteiger partial charge in [0.2, 0.25) is 0 Å². The summed E-state index contributed by atoms with van der Waals surface area (Å²) in [5.41, 5.74) is 0. The Balaban J connectivity index is 4.22. The van der Waals surface area contributed by atoms with Crippen LogP contribution in [-0.2, 0) is 0 Å². The third kappa shape index (κ3) is 6.54. The van der Waals surface area contributed by atoms with E-state index in [9.17, 15) is 0 Å². The molecule has 0 aromatic rings. The van der Waals surface area contributed by atoms with Crippen molar-refractivity contribution in [3.8, 4) is 0 Å². The van der Waals surface area contributed by atoms with Crippen LogP contribution in [0.5, 0.6) is 0 Å². The molecule has 0 saturated carbocycles. The molecule has 1 nitrogen and oxygen atoms in total. The van der Waals surface area contributed by atoms with Crippen molar-refractivity contribution in [2.45, 2.75) is 19.3 Å². The number of rotatable bonds is 7. The third-order valence-electron chi connectivity index (χ3n) is 2.22. The van der Waals surface area contributed by atoms with E-state index in [4.69, 9.17) is 0 Å². The van der Waals surface area contributed by atoms with E-state index < -0.39 is 20.4 Å². The maximum Gasteiger partial charge on any atom is 0.0169 e. The monoisotopic (exact) mass is 251 g/mol. The van der Waals surface area contributed by atoms with E-state index in [1.54, 1.807) is 0 Å². The molecule has 0 rings (SSSR count). The van der Waals surface area contributed by atoms with Crippen molar-refractivity contribution < 1.29 is 0 Å². The summed E-state index contributed by atoms with van der Waals surface area (Å²) in [6, 6.07) is 0. The van der Waals surface area contributed by atoms with Crippen LogP contribution in [-0.4, -0.2) is 47.8 Å². The van der Waals surface area contributed by atoms with Gasteiger partial charge in [-0.05, 0) is 56.8 Å². The second-order valence-electron chi connectivity index (χ2n) is 5.39. The second-order valence-corrected chi connectivity index (χ2v) is 13.6. The smallest absolute Gasteiger partial charge is 0.0169 e. The molecule has 15 heavy (non-hydrogen) atoms. The van der Waals surface area contributed by atoms with Gasteiger partial charge in [0.15, 0.2) is 0 Å². The van der Waals surface area contributed by atoms with Crippen molar-refractivity contribution in [2.24, 2.45) is 0 Å². The maximum atomic E-state index is 3.77. The first kappa shape index (κ1) is 15.4. The summed E-state index contributed by atoms with van der Waals surface area (Å²) < 4.78 is 2.75. The second kappa shape index (κ2) is 6.21. The van der Waals surface area contributed by atoms with Crippen LogP contribution in [0.25, 0.3) is 0 Å². The van der Waals surface area contributed by atoms with Crippen molar-refractivity contribution in [3.05, 3.63) is 12.7 Å². The average Bonchev–Trinajstić information content (AvgIpc) is 1.99. The summed E-state index contributed by atoms with van der Waals surface area (Å²) in [6.45, 7) is 5.03. The van der Waals surface area contributed by atoms with Crippen LogP contribution in [0.15, 0.2) is 12.7 Å². The summed E-state index contributed by atoms with van der Waals surface area (Å²) in [4.78, 5) is 0. The van der Waals surface area contributed by atoms with Gasteiger partial charge in [-0.15, -0.1) is 6.58 Å². The van der Waals surface area contributed by atoms with Gasteiger partial charge in [0.25, 0.3) is 0 Å². The summed E-state index contributed by atoms with van der Waals surface area (Å²) in [7, 11) is -1.13. The summed E-state index contributed by atoms with van der Waals surface area (Å²) in [5, 5.41) is 0. The standard InChI is InChI=1S/C12H29NS2/c1-8-9-10-11-12-13(14(2,3)4)15(5,6)7/h8H,1,9-12H2,2-7H3. The lowest BCUT2D eigenvalue weighted by molar-refractivity contribution is 0.628. The molecule has 94 valence electrons. The topological polar surface area (TPSA) is 3.24 Å². The Morgan fingerprint density at radius 1 is 0.933 bits per heavy atom. The van der Waals surface area contributed by atoms with Crippen LogP contribution in [0.2, 0.25) is 0 Å². The van der Waals surface area contributed by atoms with Gasteiger partial charge in [0.1, 0.15) is 0 Å². The molecule has 0 aromatic heterocycles. The van der Waals surface area contributed by atoms with Crippen molar-refractivity contribution in [2.75, 3.05) is 44.1 Å². The van der Waals surface area contributed by atoms with Gasteiger partial charge in [0.05, 0.1) is 0 Å². The van der Waals surface area contributed by atoms with Crippen LogP contribution in [0.3, 0.4) is 0 Å². The molecule has 0 fully saturated rings. The molecule has 0 aromatic carbocycles. The maximum absolute atomic E-state index is 3.77. The molecule has 3 heteroatoms. The molecule has 0 atom stereocenters. The third-order valence-corrected chi connectivity index (χ3v) is 7.71. The molecular formula is C12H29NS2. The van der Waals surface area contributed by atoms with Crippen LogP contribution >= 0.6 is 20.4 Å². The largest absolute Gasteiger partial charge is 0.232 e. The highest BCUT2D eigenvalue weighted by Gasteiger charge is 2.24. The van der Waals surface area contributed by atoms with E-state index in [0.29, 0.717) is 0 Å². The van der Waals surface area contributed by atoms with E-state index >= 15 is 0 Å². The fraction of sp³-hybridized carbons (Fsp3) is 0.833. The Kier molecular flexibility index (Phi) is 6.38. The minimum atomic E-state index is -0.565. The quantitative estimate of drug-likeness (QED) is 0.490. The Morgan fingerprint density at radius 2 is 1.40 bits per heavy atom. The Labute approximate surface area is 100 Å². The van der Waals surface area contributed by atoms with Crippen molar-refractivity contribution in [1.82, 2.24) is 3.71 Å². The van der Waals surface area contributed by atoms with Crippen LogP contribution < -0.4 is 0 Å². The normalized spacial score (nSPS) is 15.4. The molecule has 0 N–H and O–H groups in total. The summed E-state index contributed by atoms with van der Waals surface area (Å²) in [6.07, 6.45) is 20.2. The molecule has 0 spiro atoms. The van der Waals surface area contributed by atoms with Gasteiger partial charge < -0.3 is 0 Å². The lowest BCUT2D eigenvalue weighted by Gasteiger charge is -2.51. The first-order valence-corrected chi connectivity index (χ1v) is 11.1. The molecular weight excluding hydrogens is 222 g/mol. The minimum Gasteiger partial charge on any atom is -0.232 e. The number of unbranched alkanes of at least 4 members (excludes halogenated alkanes) is 2. The molecule has 0 aliphatic heterocycles. The molecule has 0 radical (unpaired) electrons. The van der Waals surface area contributed by atoms with Crippen LogP contribution in [0.1, 0.15) is 19.3 Å². The summed E-state index contributed by atoms with van der Waals surface area (Å²) >= 11 is 0. The zero-order valence-corrected chi connectivity index (χ0v) is 13.0.